The molecule has 1 unspecified atom stereocenters. The molecule has 1 aromatic carbocycles. The van der Waals surface area contributed by atoms with Crippen LogP contribution in [0.4, 0.5) is 0 Å². The van der Waals surface area contributed by atoms with E-state index in [0.29, 0.717) is 5.41 Å². The first-order chi connectivity index (χ1) is 8.36. The van der Waals surface area contributed by atoms with E-state index in [4.69, 9.17) is 11.6 Å². The number of benzene rings is 1. The molecule has 0 saturated carbocycles. The van der Waals surface area contributed by atoms with Crippen molar-refractivity contribution in [2.75, 3.05) is 13.1 Å². The Morgan fingerprint density at radius 2 is 2.11 bits per heavy atom. The fraction of sp³-hybridized carbons (Fsp3) is 0.600. The first kappa shape index (κ1) is 14.4. The maximum Gasteiger partial charge on any atom is 0.0462 e. The van der Waals surface area contributed by atoms with Crippen LogP contribution in [0.1, 0.15) is 32.8 Å². The van der Waals surface area contributed by atoms with E-state index in [1.54, 1.807) is 0 Å². The summed E-state index contributed by atoms with van der Waals surface area (Å²) in [4.78, 5) is 2.52. The van der Waals surface area contributed by atoms with Crippen LogP contribution in [0.3, 0.4) is 0 Å². The van der Waals surface area contributed by atoms with E-state index in [1.165, 1.54) is 25.1 Å². The lowest BCUT2D eigenvalue weighted by Gasteiger charge is -2.27. The van der Waals surface area contributed by atoms with Crippen LogP contribution in [0.25, 0.3) is 0 Å². The molecule has 1 aromatic rings. The van der Waals surface area contributed by atoms with E-state index >= 15 is 0 Å². The van der Waals surface area contributed by atoms with Gasteiger partial charge in [0.2, 0.25) is 0 Å². The fourth-order valence-electron chi connectivity index (χ4n) is 2.57. The summed E-state index contributed by atoms with van der Waals surface area (Å²) >= 11 is 9.72. The first-order valence-electron chi connectivity index (χ1n) is 6.52. The van der Waals surface area contributed by atoms with Crippen LogP contribution in [0, 0.1) is 11.3 Å². The molecule has 0 spiro atoms. The van der Waals surface area contributed by atoms with Crippen LogP contribution in [0.2, 0.25) is 5.02 Å². The van der Waals surface area contributed by atoms with Gasteiger partial charge in [-0.3, -0.25) is 4.90 Å². The number of hydrogen-bond donors (Lipinski definition) is 0. The molecular formula is C15H21BrClN. The van der Waals surface area contributed by atoms with Crippen molar-refractivity contribution in [2.45, 2.75) is 33.7 Å². The van der Waals surface area contributed by atoms with Crippen molar-refractivity contribution in [1.82, 2.24) is 4.90 Å². The van der Waals surface area contributed by atoms with Crippen LogP contribution < -0.4 is 0 Å². The number of halogens is 2. The molecule has 1 aliphatic heterocycles. The van der Waals surface area contributed by atoms with Crippen LogP contribution in [-0.4, -0.2) is 18.0 Å². The van der Waals surface area contributed by atoms with Gasteiger partial charge >= 0.3 is 0 Å². The Bertz CT molecular complexity index is 425. The fourth-order valence-corrected chi connectivity index (χ4v) is 3.31. The van der Waals surface area contributed by atoms with Gasteiger partial charge in [-0.25, -0.2) is 0 Å². The van der Waals surface area contributed by atoms with Crippen molar-refractivity contribution in [3.63, 3.8) is 0 Å². The molecule has 0 bridgehead atoms. The van der Waals surface area contributed by atoms with Crippen molar-refractivity contribution in [3.05, 3.63) is 33.3 Å². The Labute approximate surface area is 124 Å². The zero-order chi connectivity index (χ0) is 13.3. The standard InChI is InChI=1S/C15H21BrClN/c1-15(2,3)12-6-7-18(10-12)9-11-4-5-13(16)8-14(11)17/h4-5,8,12H,6-7,9-10H2,1-3H3. The minimum absolute atomic E-state index is 0.415. The molecule has 1 saturated heterocycles. The zero-order valence-corrected chi connectivity index (χ0v) is 13.7. The predicted molar refractivity (Wildman–Crippen MR) is 82.0 cm³/mol. The first-order valence-corrected chi connectivity index (χ1v) is 7.69. The lowest BCUT2D eigenvalue weighted by Crippen LogP contribution is -2.25. The Hall–Kier alpha value is -0.0500. The van der Waals surface area contributed by atoms with Gasteiger partial charge in [0.1, 0.15) is 0 Å². The van der Waals surface area contributed by atoms with E-state index < -0.39 is 0 Å². The minimum Gasteiger partial charge on any atom is -0.299 e. The molecule has 0 amide bonds. The third kappa shape index (κ3) is 3.49. The Morgan fingerprint density at radius 1 is 1.39 bits per heavy atom. The summed E-state index contributed by atoms with van der Waals surface area (Å²) in [5, 5.41) is 0.864. The molecule has 0 N–H and O–H groups in total. The second kappa shape index (κ2) is 5.52. The monoisotopic (exact) mass is 329 g/mol. The van der Waals surface area contributed by atoms with Gasteiger partial charge in [0.15, 0.2) is 0 Å². The van der Waals surface area contributed by atoms with Gasteiger partial charge in [-0.15, -0.1) is 0 Å². The van der Waals surface area contributed by atoms with Gasteiger partial charge in [0, 0.05) is 22.6 Å². The third-order valence-electron chi connectivity index (χ3n) is 3.91. The highest BCUT2D eigenvalue weighted by Gasteiger charge is 2.31. The van der Waals surface area contributed by atoms with E-state index in [0.717, 1.165) is 22.0 Å². The summed E-state index contributed by atoms with van der Waals surface area (Å²) in [5.41, 5.74) is 1.65. The van der Waals surface area contributed by atoms with E-state index in [1.807, 2.05) is 6.07 Å². The SMILES string of the molecule is CC(C)(C)C1CCN(Cc2ccc(Br)cc2Cl)C1. The van der Waals surface area contributed by atoms with Crippen molar-refractivity contribution in [2.24, 2.45) is 11.3 Å². The second-order valence-corrected chi connectivity index (χ2v) is 7.65. The van der Waals surface area contributed by atoms with E-state index in [2.05, 4.69) is 53.7 Å². The highest BCUT2D eigenvalue weighted by Crippen LogP contribution is 2.34. The molecule has 1 nitrogen and oxygen atoms in total. The van der Waals surface area contributed by atoms with Crippen LogP contribution in [0.5, 0.6) is 0 Å². The number of hydrogen-bond acceptors (Lipinski definition) is 1. The lowest BCUT2D eigenvalue weighted by molar-refractivity contribution is 0.226. The quantitative estimate of drug-likeness (QED) is 0.740. The minimum atomic E-state index is 0.415. The van der Waals surface area contributed by atoms with E-state index in [9.17, 15) is 0 Å². The Kier molecular flexibility index (Phi) is 4.40. The van der Waals surface area contributed by atoms with Crippen molar-refractivity contribution >= 4 is 27.5 Å². The van der Waals surface area contributed by atoms with Gasteiger partial charge in [-0.2, -0.15) is 0 Å². The smallest absolute Gasteiger partial charge is 0.0462 e. The van der Waals surface area contributed by atoms with Crippen LogP contribution in [0.15, 0.2) is 22.7 Å². The molecule has 3 heteroatoms. The average molecular weight is 331 g/mol. The largest absolute Gasteiger partial charge is 0.299 e. The highest BCUT2D eigenvalue weighted by atomic mass is 79.9. The summed E-state index contributed by atoms with van der Waals surface area (Å²) in [7, 11) is 0. The molecule has 1 heterocycles. The highest BCUT2D eigenvalue weighted by molar-refractivity contribution is 9.10. The van der Waals surface area contributed by atoms with E-state index in [-0.39, 0.29) is 0 Å². The van der Waals surface area contributed by atoms with Gasteiger partial charge in [-0.1, -0.05) is 54.4 Å². The van der Waals surface area contributed by atoms with Gasteiger partial charge in [0.05, 0.1) is 0 Å². The third-order valence-corrected chi connectivity index (χ3v) is 4.75. The van der Waals surface area contributed by atoms with Crippen LogP contribution >= 0.6 is 27.5 Å². The van der Waals surface area contributed by atoms with Crippen molar-refractivity contribution in [3.8, 4) is 0 Å². The molecule has 0 aromatic heterocycles. The number of nitrogens with zero attached hydrogens (tertiary/aromatic N) is 1. The van der Waals surface area contributed by atoms with Gasteiger partial charge in [0.25, 0.3) is 0 Å². The maximum atomic E-state index is 6.28. The van der Waals surface area contributed by atoms with Crippen LogP contribution in [-0.2, 0) is 6.54 Å². The normalized spacial score (nSPS) is 21.5. The van der Waals surface area contributed by atoms with Crippen molar-refractivity contribution in [1.29, 1.82) is 0 Å². The average Bonchev–Trinajstić information content (AvgIpc) is 2.70. The van der Waals surface area contributed by atoms with Gasteiger partial charge in [-0.05, 0) is 42.0 Å². The molecular weight excluding hydrogens is 310 g/mol. The molecule has 100 valence electrons. The second-order valence-electron chi connectivity index (χ2n) is 6.32. The maximum absolute atomic E-state index is 6.28. The molecule has 1 atom stereocenters. The lowest BCUT2D eigenvalue weighted by atomic mass is 9.80. The predicted octanol–water partition coefficient (Wildman–Crippen LogP) is 4.97. The molecule has 1 aliphatic rings. The summed E-state index contributed by atoms with van der Waals surface area (Å²) in [6, 6.07) is 6.17. The summed E-state index contributed by atoms with van der Waals surface area (Å²) in [5.74, 6) is 0.798. The molecule has 1 fully saturated rings. The Balaban J connectivity index is 1.99. The summed E-state index contributed by atoms with van der Waals surface area (Å²) < 4.78 is 1.05. The summed E-state index contributed by atoms with van der Waals surface area (Å²) in [6.07, 6.45) is 1.30. The molecule has 0 radical (unpaired) electrons. The topological polar surface area (TPSA) is 3.24 Å². The molecule has 2 rings (SSSR count). The van der Waals surface area contributed by atoms with Gasteiger partial charge < -0.3 is 0 Å². The zero-order valence-electron chi connectivity index (χ0n) is 11.3. The molecule has 18 heavy (non-hydrogen) atoms. The van der Waals surface area contributed by atoms with Crippen molar-refractivity contribution < 1.29 is 0 Å². The summed E-state index contributed by atoms with van der Waals surface area (Å²) in [6.45, 7) is 10.4. The number of rotatable bonds is 2. The Morgan fingerprint density at radius 3 is 2.67 bits per heavy atom. The number of likely N-dealkylation sites (tertiary alicyclic amines) is 1. The molecule has 0 aliphatic carbocycles.